The standard InChI is InChI=1S/C8H16O3/c1-4-5(2)11-6(3)8(10)7(4)9/h4-10H,1-3H3/t4-,5?,6?,7?,8?/m1/s1. The van der Waals surface area contributed by atoms with Crippen molar-refractivity contribution in [2.24, 2.45) is 5.92 Å². The molecule has 3 nitrogen and oxygen atoms in total. The molecule has 1 rings (SSSR count). The van der Waals surface area contributed by atoms with E-state index in [1.165, 1.54) is 0 Å². The van der Waals surface area contributed by atoms with Gasteiger partial charge in [-0.05, 0) is 13.8 Å². The van der Waals surface area contributed by atoms with Gasteiger partial charge in [0.15, 0.2) is 0 Å². The molecule has 0 spiro atoms. The molecule has 1 fully saturated rings. The van der Waals surface area contributed by atoms with Crippen molar-refractivity contribution in [3.05, 3.63) is 0 Å². The minimum absolute atomic E-state index is 0.0150. The third-order valence-corrected chi connectivity index (χ3v) is 2.54. The molecule has 0 aliphatic carbocycles. The SMILES string of the molecule is CC1OC(C)[C@@H](C)C(O)C1O. The van der Waals surface area contributed by atoms with Crippen molar-refractivity contribution < 1.29 is 14.9 Å². The summed E-state index contributed by atoms with van der Waals surface area (Å²) in [4.78, 5) is 0. The van der Waals surface area contributed by atoms with Gasteiger partial charge >= 0.3 is 0 Å². The van der Waals surface area contributed by atoms with Crippen LogP contribution in [0.2, 0.25) is 0 Å². The normalized spacial score (nSPS) is 52.6. The maximum Gasteiger partial charge on any atom is 0.106 e. The Labute approximate surface area is 67.0 Å². The second-order valence-electron chi connectivity index (χ2n) is 3.39. The Morgan fingerprint density at radius 1 is 0.909 bits per heavy atom. The third-order valence-electron chi connectivity index (χ3n) is 2.54. The van der Waals surface area contributed by atoms with E-state index in [1.807, 2.05) is 13.8 Å². The summed E-state index contributed by atoms with van der Waals surface area (Å²) in [7, 11) is 0. The first-order valence-electron chi connectivity index (χ1n) is 4.05. The van der Waals surface area contributed by atoms with Crippen molar-refractivity contribution in [3.63, 3.8) is 0 Å². The number of aliphatic hydroxyl groups excluding tert-OH is 2. The molecule has 66 valence electrons. The predicted octanol–water partition coefficient (Wildman–Crippen LogP) is 0.152. The first-order valence-corrected chi connectivity index (χ1v) is 4.05. The molecule has 0 aromatic heterocycles. The van der Waals surface area contributed by atoms with Crippen molar-refractivity contribution in [1.82, 2.24) is 0 Å². The molecule has 3 heteroatoms. The van der Waals surface area contributed by atoms with Crippen LogP contribution >= 0.6 is 0 Å². The van der Waals surface area contributed by atoms with Gasteiger partial charge in [0.25, 0.3) is 0 Å². The fourth-order valence-electron chi connectivity index (χ4n) is 1.41. The average Bonchev–Trinajstić information content (AvgIpc) is 1.97. The quantitative estimate of drug-likeness (QED) is 0.530. The Hall–Kier alpha value is -0.120. The molecule has 5 atom stereocenters. The Bertz CT molecular complexity index is 123. The molecular weight excluding hydrogens is 144 g/mol. The van der Waals surface area contributed by atoms with Crippen molar-refractivity contribution in [2.45, 2.75) is 45.2 Å². The third kappa shape index (κ3) is 1.55. The monoisotopic (exact) mass is 160 g/mol. The van der Waals surface area contributed by atoms with Crippen LogP contribution in [0.5, 0.6) is 0 Å². The molecule has 0 saturated carbocycles. The van der Waals surface area contributed by atoms with Crippen LogP contribution in [0.4, 0.5) is 0 Å². The Balaban J connectivity index is 2.63. The highest BCUT2D eigenvalue weighted by Crippen LogP contribution is 2.24. The Morgan fingerprint density at radius 3 is 2.00 bits per heavy atom. The fraction of sp³-hybridized carbons (Fsp3) is 1.00. The Morgan fingerprint density at radius 2 is 1.45 bits per heavy atom. The van der Waals surface area contributed by atoms with Crippen molar-refractivity contribution >= 4 is 0 Å². The van der Waals surface area contributed by atoms with Crippen LogP contribution in [0.25, 0.3) is 0 Å². The zero-order valence-electron chi connectivity index (χ0n) is 7.19. The van der Waals surface area contributed by atoms with Gasteiger partial charge in [0.2, 0.25) is 0 Å². The lowest BCUT2D eigenvalue weighted by atomic mass is 9.89. The highest BCUT2D eigenvalue weighted by atomic mass is 16.5. The van der Waals surface area contributed by atoms with Crippen molar-refractivity contribution in [1.29, 1.82) is 0 Å². The van der Waals surface area contributed by atoms with Gasteiger partial charge in [0, 0.05) is 5.92 Å². The number of ether oxygens (including phenoxy) is 1. The molecule has 1 saturated heterocycles. The molecule has 0 radical (unpaired) electrons. The first kappa shape index (κ1) is 8.97. The highest BCUT2D eigenvalue weighted by molar-refractivity contribution is 4.86. The molecule has 0 aromatic rings. The molecule has 1 aliphatic rings. The molecule has 2 N–H and O–H groups in total. The lowest BCUT2D eigenvalue weighted by Gasteiger charge is -2.38. The number of rotatable bonds is 0. The van der Waals surface area contributed by atoms with E-state index in [4.69, 9.17) is 4.74 Å². The fourth-order valence-corrected chi connectivity index (χ4v) is 1.41. The summed E-state index contributed by atoms with van der Waals surface area (Å²) in [6, 6.07) is 0. The van der Waals surface area contributed by atoms with Gasteiger partial charge < -0.3 is 14.9 Å². The lowest BCUT2D eigenvalue weighted by Crippen LogP contribution is -2.51. The zero-order valence-corrected chi connectivity index (χ0v) is 7.19. The summed E-state index contributed by atoms with van der Waals surface area (Å²) >= 11 is 0. The summed E-state index contributed by atoms with van der Waals surface area (Å²) in [6.45, 7) is 5.57. The molecule has 1 heterocycles. The van der Waals surface area contributed by atoms with Gasteiger partial charge in [0.1, 0.15) is 6.10 Å². The van der Waals surface area contributed by atoms with E-state index in [1.54, 1.807) is 6.92 Å². The van der Waals surface area contributed by atoms with Crippen molar-refractivity contribution in [3.8, 4) is 0 Å². The van der Waals surface area contributed by atoms with Crippen LogP contribution in [0.3, 0.4) is 0 Å². The van der Waals surface area contributed by atoms with Crippen LogP contribution in [0.1, 0.15) is 20.8 Å². The summed E-state index contributed by atoms with van der Waals surface area (Å²) in [5.74, 6) is 0.0150. The topological polar surface area (TPSA) is 49.7 Å². The van der Waals surface area contributed by atoms with Crippen LogP contribution in [-0.2, 0) is 4.74 Å². The smallest absolute Gasteiger partial charge is 0.106 e. The van der Waals surface area contributed by atoms with Crippen molar-refractivity contribution in [2.75, 3.05) is 0 Å². The molecule has 0 bridgehead atoms. The van der Waals surface area contributed by atoms with Crippen LogP contribution < -0.4 is 0 Å². The van der Waals surface area contributed by atoms with Gasteiger partial charge in [-0.1, -0.05) is 6.92 Å². The first-order chi connectivity index (χ1) is 5.04. The molecule has 1 aliphatic heterocycles. The lowest BCUT2D eigenvalue weighted by molar-refractivity contribution is -0.184. The molecule has 0 amide bonds. The van der Waals surface area contributed by atoms with Gasteiger partial charge in [-0.3, -0.25) is 0 Å². The van der Waals surface area contributed by atoms with Crippen LogP contribution in [0.15, 0.2) is 0 Å². The summed E-state index contributed by atoms with van der Waals surface area (Å²) in [6.07, 6.45) is -1.60. The van der Waals surface area contributed by atoms with E-state index in [2.05, 4.69) is 0 Å². The molecule has 0 aromatic carbocycles. The van der Waals surface area contributed by atoms with Gasteiger partial charge in [-0.2, -0.15) is 0 Å². The van der Waals surface area contributed by atoms with E-state index in [0.29, 0.717) is 0 Å². The second kappa shape index (κ2) is 3.09. The molecule has 4 unspecified atom stereocenters. The number of hydrogen-bond donors (Lipinski definition) is 2. The van der Waals surface area contributed by atoms with E-state index < -0.39 is 12.2 Å². The largest absolute Gasteiger partial charge is 0.390 e. The van der Waals surface area contributed by atoms with Crippen LogP contribution in [0, 0.1) is 5.92 Å². The predicted molar refractivity (Wildman–Crippen MR) is 41.2 cm³/mol. The van der Waals surface area contributed by atoms with E-state index in [-0.39, 0.29) is 18.1 Å². The Kier molecular flexibility index (Phi) is 2.52. The molecule has 11 heavy (non-hydrogen) atoms. The minimum Gasteiger partial charge on any atom is -0.390 e. The van der Waals surface area contributed by atoms with E-state index in [0.717, 1.165) is 0 Å². The van der Waals surface area contributed by atoms with Crippen LogP contribution in [-0.4, -0.2) is 34.6 Å². The molecular formula is C8H16O3. The van der Waals surface area contributed by atoms with Gasteiger partial charge in [-0.25, -0.2) is 0 Å². The van der Waals surface area contributed by atoms with Gasteiger partial charge in [0.05, 0.1) is 18.3 Å². The minimum atomic E-state index is -0.735. The maximum atomic E-state index is 9.46. The maximum absolute atomic E-state index is 9.46. The summed E-state index contributed by atoms with van der Waals surface area (Å²) in [5, 5.41) is 18.8. The van der Waals surface area contributed by atoms with Gasteiger partial charge in [-0.15, -0.1) is 0 Å². The zero-order chi connectivity index (χ0) is 8.59. The van der Waals surface area contributed by atoms with E-state index >= 15 is 0 Å². The van der Waals surface area contributed by atoms with E-state index in [9.17, 15) is 10.2 Å². The highest BCUT2D eigenvalue weighted by Gasteiger charge is 2.37. The average molecular weight is 160 g/mol. The second-order valence-corrected chi connectivity index (χ2v) is 3.39. The summed E-state index contributed by atoms with van der Waals surface area (Å²) < 4.78 is 5.37. The number of hydrogen-bond acceptors (Lipinski definition) is 3. The summed E-state index contributed by atoms with van der Waals surface area (Å²) in [5.41, 5.74) is 0. The number of aliphatic hydroxyl groups is 2.